The first-order chi connectivity index (χ1) is 9.21. The van der Waals surface area contributed by atoms with Crippen molar-refractivity contribution in [2.45, 2.75) is 39.0 Å². The first-order valence-electron chi connectivity index (χ1n) is 7.46. The van der Waals surface area contributed by atoms with Gasteiger partial charge in [-0.25, -0.2) is 0 Å². The molecule has 0 aromatic heterocycles. The van der Waals surface area contributed by atoms with Crippen molar-refractivity contribution in [2.24, 2.45) is 5.92 Å². The first kappa shape index (κ1) is 16.2. The highest BCUT2D eigenvalue weighted by Crippen LogP contribution is 2.37. The number of nitrogens with one attached hydrogen (secondary N) is 1. The molecule has 2 unspecified atom stereocenters. The average Bonchev–Trinajstić information content (AvgIpc) is 2.47. The van der Waals surface area contributed by atoms with Gasteiger partial charge in [0.2, 0.25) is 0 Å². The van der Waals surface area contributed by atoms with Gasteiger partial charge in [0.15, 0.2) is 0 Å². The Labute approximate surface area is 118 Å². The SMILES string of the molecule is CCNCC(CC)(c1ccccc1)C(C)CCOC. The molecule has 0 fully saturated rings. The molecule has 0 bridgehead atoms. The summed E-state index contributed by atoms with van der Waals surface area (Å²) >= 11 is 0. The van der Waals surface area contributed by atoms with Crippen LogP contribution in [0.1, 0.15) is 39.2 Å². The van der Waals surface area contributed by atoms with Crippen LogP contribution >= 0.6 is 0 Å². The number of likely N-dealkylation sites (N-methyl/N-ethyl adjacent to an activating group) is 1. The van der Waals surface area contributed by atoms with Crippen LogP contribution in [-0.2, 0) is 10.2 Å². The molecule has 19 heavy (non-hydrogen) atoms. The second kappa shape index (κ2) is 8.34. The average molecular weight is 263 g/mol. The molecule has 0 saturated heterocycles. The summed E-state index contributed by atoms with van der Waals surface area (Å²) in [6.45, 7) is 9.72. The molecule has 1 rings (SSSR count). The van der Waals surface area contributed by atoms with Gasteiger partial charge >= 0.3 is 0 Å². The van der Waals surface area contributed by atoms with Crippen LogP contribution in [0.4, 0.5) is 0 Å². The van der Waals surface area contributed by atoms with Crippen LogP contribution < -0.4 is 5.32 Å². The third kappa shape index (κ3) is 4.05. The standard InChI is InChI=1S/C17H29NO/c1-5-17(14-18-6-2,15(3)12-13-19-4)16-10-8-7-9-11-16/h7-11,15,18H,5-6,12-14H2,1-4H3. The lowest BCUT2D eigenvalue weighted by Gasteiger charge is -2.39. The van der Waals surface area contributed by atoms with Gasteiger partial charge in [-0.3, -0.25) is 0 Å². The van der Waals surface area contributed by atoms with Crippen molar-refractivity contribution in [3.63, 3.8) is 0 Å². The molecule has 0 spiro atoms. The summed E-state index contributed by atoms with van der Waals surface area (Å²) in [4.78, 5) is 0. The van der Waals surface area contributed by atoms with Crippen LogP contribution in [0, 0.1) is 5.92 Å². The van der Waals surface area contributed by atoms with Gasteiger partial charge in [-0.15, -0.1) is 0 Å². The predicted octanol–water partition coefficient (Wildman–Crippen LogP) is 3.62. The van der Waals surface area contributed by atoms with Crippen LogP contribution in [0.2, 0.25) is 0 Å². The van der Waals surface area contributed by atoms with E-state index in [0.717, 1.165) is 32.5 Å². The fraction of sp³-hybridized carbons (Fsp3) is 0.647. The van der Waals surface area contributed by atoms with Crippen molar-refractivity contribution >= 4 is 0 Å². The predicted molar refractivity (Wildman–Crippen MR) is 82.6 cm³/mol. The highest BCUT2D eigenvalue weighted by molar-refractivity contribution is 5.27. The highest BCUT2D eigenvalue weighted by atomic mass is 16.5. The van der Waals surface area contributed by atoms with E-state index in [2.05, 4.69) is 56.4 Å². The Bertz CT molecular complexity index is 338. The van der Waals surface area contributed by atoms with Crippen LogP contribution in [0.5, 0.6) is 0 Å². The van der Waals surface area contributed by atoms with Gasteiger partial charge in [-0.1, -0.05) is 51.1 Å². The second-order valence-corrected chi connectivity index (χ2v) is 5.34. The summed E-state index contributed by atoms with van der Waals surface area (Å²) in [5.41, 5.74) is 1.65. The minimum atomic E-state index is 0.204. The molecule has 0 aliphatic rings. The van der Waals surface area contributed by atoms with E-state index in [-0.39, 0.29) is 5.41 Å². The molecule has 2 heteroatoms. The largest absolute Gasteiger partial charge is 0.385 e. The lowest BCUT2D eigenvalue weighted by molar-refractivity contribution is 0.149. The Morgan fingerprint density at radius 1 is 1.21 bits per heavy atom. The number of ether oxygens (including phenoxy) is 1. The third-order valence-electron chi connectivity index (χ3n) is 4.37. The minimum absolute atomic E-state index is 0.204. The summed E-state index contributed by atoms with van der Waals surface area (Å²) in [6, 6.07) is 10.9. The summed E-state index contributed by atoms with van der Waals surface area (Å²) in [6.07, 6.45) is 2.25. The molecule has 0 heterocycles. The normalized spacial score (nSPS) is 16.0. The van der Waals surface area contributed by atoms with E-state index in [1.807, 2.05) is 0 Å². The molecule has 0 aliphatic carbocycles. The van der Waals surface area contributed by atoms with Crippen LogP contribution in [0.25, 0.3) is 0 Å². The molecule has 1 aromatic carbocycles. The smallest absolute Gasteiger partial charge is 0.0465 e. The number of hydrogen-bond donors (Lipinski definition) is 1. The van der Waals surface area contributed by atoms with Gasteiger partial charge in [-0.05, 0) is 30.9 Å². The quantitative estimate of drug-likeness (QED) is 0.735. The van der Waals surface area contributed by atoms with Gasteiger partial charge in [0, 0.05) is 25.7 Å². The molecule has 0 radical (unpaired) electrons. The van der Waals surface area contributed by atoms with Crippen LogP contribution in [0.3, 0.4) is 0 Å². The summed E-state index contributed by atoms with van der Waals surface area (Å²) < 4.78 is 5.27. The Morgan fingerprint density at radius 2 is 1.89 bits per heavy atom. The van der Waals surface area contributed by atoms with Crippen LogP contribution in [-0.4, -0.2) is 26.8 Å². The van der Waals surface area contributed by atoms with Crippen molar-refractivity contribution in [3.8, 4) is 0 Å². The molecule has 0 aliphatic heterocycles. The number of methoxy groups -OCH3 is 1. The van der Waals surface area contributed by atoms with Crippen molar-refractivity contribution < 1.29 is 4.74 Å². The van der Waals surface area contributed by atoms with E-state index < -0.39 is 0 Å². The Morgan fingerprint density at radius 3 is 2.42 bits per heavy atom. The lowest BCUT2D eigenvalue weighted by Crippen LogP contribution is -2.43. The zero-order valence-corrected chi connectivity index (χ0v) is 12.9. The Kier molecular flexibility index (Phi) is 7.11. The lowest BCUT2D eigenvalue weighted by atomic mass is 9.68. The topological polar surface area (TPSA) is 21.3 Å². The zero-order chi connectivity index (χ0) is 14.1. The zero-order valence-electron chi connectivity index (χ0n) is 12.9. The molecule has 0 saturated carbocycles. The fourth-order valence-corrected chi connectivity index (χ4v) is 2.93. The maximum absolute atomic E-state index is 5.27. The van der Waals surface area contributed by atoms with E-state index in [1.54, 1.807) is 7.11 Å². The van der Waals surface area contributed by atoms with E-state index in [1.165, 1.54) is 5.56 Å². The van der Waals surface area contributed by atoms with E-state index >= 15 is 0 Å². The van der Waals surface area contributed by atoms with E-state index in [9.17, 15) is 0 Å². The summed E-state index contributed by atoms with van der Waals surface area (Å²) in [5.74, 6) is 0.596. The van der Waals surface area contributed by atoms with Crippen molar-refractivity contribution in [2.75, 3.05) is 26.8 Å². The van der Waals surface area contributed by atoms with Gasteiger partial charge < -0.3 is 10.1 Å². The fourth-order valence-electron chi connectivity index (χ4n) is 2.93. The molecule has 2 nitrogen and oxygen atoms in total. The number of rotatable bonds is 9. The summed E-state index contributed by atoms with van der Waals surface area (Å²) in [7, 11) is 1.78. The van der Waals surface area contributed by atoms with Gasteiger partial charge in [0.25, 0.3) is 0 Å². The monoisotopic (exact) mass is 263 g/mol. The number of benzene rings is 1. The van der Waals surface area contributed by atoms with Gasteiger partial charge in [0.05, 0.1) is 0 Å². The van der Waals surface area contributed by atoms with Crippen molar-refractivity contribution in [3.05, 3.63) is 35.9 Å². The summed E-state index contributed by atoms with van der Waals surface area (Å²) in [5, 5.41) is 3.56. The molecular weight excluding hydrogens is 234 g/mol. The van der Waals surface area contributed by atoms with Crippen molar-refractivity contribution in [1.29, 1.82) is 0 Å². The highest BCUT2D eigenvalue weighted by Gasteiger charge is 2.35. The maximum atomic E-state index is 5.27. The first-order valence-corrected chi connectivity index (χ1v) is 7.46. The molecule has 2 atom stereocenters. The van der Waals surface area contributed by atoms with Gasteiger partial charge in [-0.2, -0.15) is 0 Å². The maximum Gasteiger partial charge on any atom is 0.0465 e. The van der Waals surface area contributed by atoms with Gasteiger partial charge in [0.1, 0.15) is 0 Å². The van der Waals surface area contributed by atoms with Crippen LogP contribution in [0.15, 0.2) is 30.3 Å². The molecule has 1 aromatic rings. The molecule has 1 N–H and O–H groups in total. The van der Waals surface area contributed by atoms with E-state index in [0.29, 0.717) is 5.92 Å². The van der Waals surface area contributed by atoms with E-state index in [4.69, 9.17) is 4.74 Å². The second-order valence-electron chi connectivity index (χ2n) is 5.34. The Balaban J connectivity index is 2.99. The van der Waals surface area contributed by atoms with Crippen molar-refractivity contribution in [1.82, 2.24) is 5.32 Å². The minimum Gasteiger partial charge on any atom is -0.385 e. The molecule has 0 amide bonds. The Hall–Kier alpha value is -0.860. The number of hydrogen-bond acceptors (Lipinski definition) is 2. The molecule has 108 valence electrons. The third-order valence-corrected chi connectivity index (χ3v) is 4.37. The molecular formula is C17H29NO.